The predicted octanol–water partition coefficient (Wildman–Crippen LogP) is 3.94. The molecule has 2 aromatic carbocycles. The molecule has 1 atom stereocenters. The molecule has 0 aliphatic rings. The van der Waals surface area contributed by atoms with Crippen molar-refractivity contribution >= 4 is 16.8 Å². The van der Waals surface area contributed by atoms with Gasteiger partial charge in [0.05, 0.1) is 12.5 Å². The summed E-state index contributed by atoms with van der Waals surface area (Å²) in [5, 5.41) is 12.1. The fraction of sp³-hybridized carbons (Fsp3) is 0.280. The zero-order valence-corrected chi connectivity index (χ0v) is 19.1. The maximum Gasteiger partial charge on any atom is 0.297 e. The highest BCUT2D eigenvalue weighted by Crippen LogP contribution is 2.30. The van der Waals surface area contributed by atoms with E-state index < -0.39 is 11.6 Å². The maximum atomic E-state index is 13.2. The molecule has 4 rings (SSSR count). The minimum Gasteiger partial charge on any atom is -0.497 e. The third-order valence-corrected chi connectivity index (χ3v) is 5.63. The first-order valence-corrected chi connectivity index (χ1v) is 10.8. The Kier molecular flexibility index (Phi) is 6.26. The molecule has 0 bridgehead atoms. The summed E-state index contributed by atoms with van der Waals surface area (Å²) < 4.78 is 11.9. The largest absolute Gasteiger partial charge is 0.497 e. The fourth-order valence-corrected chi connectivity index (χ4v) is 3.77. The number of hydrogen-bond donors (Lipinski definition) is 1. The molecule has 0 unspecified atom stereocenters. The zero-order valence-electron chi connectivity index (χ0n) is 19.1. The Balaban J connectivity index is 1.75. The number of benzene rings is 2. The van der Waals surface area contributed by atoms with Crippen LogP contribution in [0.15, 0.2) is 57.8 Å². The number of fused-ring (bicyclic) bond motifs is 1. The molecule has 0 fully saturated rings. The smallest absolute Gasteiger partial charge is 0.297 e. The molecule has 2 heterocycles. The monoisotopic (exact) mass is 446 g/mol. The molecule has 1 N–H and O–H groups in total. The Labute approximate surface area is 191 Å². The van der Waals surface area contributed by atoms with Gasteiger partial charge >= 0.3 is 0 Å². The Hall–Kier alpha value is -3.94. The average molecular weight is 447 g/mol. The van der Waals surface area contributed by atoms with Gasteiger partial charge in [-0.1, -0.05) is 54.0 Å². The number of ether oxygens (including phenoxy) is 1. The summed E-state index contributed by atoms with van der Waals surface area (Å²) in [6.07, 6.45) is 0.381. The van der Waals surface area contributed by atoms with E-state index in [1.165, 1.54) is 4.68 Å². The fourth-order valence-electron chi connectivity index (χ4n) is 3.77. The molecule has 0 saturated carbocycles. The van der Waals surface area contributed by atoms with Crippen LogP contribution in [0.25, 0.3) is 22.2 Å². The molecular formula is C25H26N4O4. The Morgan fingerprint density at radius 1 is 1.18 bits per heavy atom. The molecule has 4 aromatic rings. The summed E-state index contributed by atoms with van der Waals surface area (Å²) in [6, 6.07) is 14.5. The van der Waals surface area contributed by atoms with Crippen LogP contribution in [-0.2, 0) is 11.3 Å². The van der Waals surface area contributed by atoms with E-state index in [4.69, 9.17) is 9.26 Å². The number of aryl methyl sites for hydroxylation is 2. The van der Waals surface area contributed by atoms with Gasteiger partial charge in [-0.15, -0.1) is 0 Å². The number of carbonyl (C=O) groups excluding carboxylic acids is 1. The Morgan fingerprint density at radius 2 is 1.94 bits per heavy atom. The quantitative estimate of drug-likeness (QED) is 0.462. The van der Waals surface area contributed by atoms with Crippen molar-refractivity contribution in [3.63, 3.8) is 0 Å². The minimum atomic E-state index is -0.797. The third kappa shape index (κ3) is 4.37. The molecule has 0 spiro atoms. The van der Waals surface area contributed by atoms with Gasteiger partial charge in [0.15, 0.2) is 5.52 Å². The lowest BCUT2D eigenvalue weighted by Gasteiger charge is -2.18. The lowest BCUT2D eigenvalue weighted by molar-refractivity contribution is -0.125. The molecular weight excluding hydrogens is 420 g/mol. The van der Waals surface area contributed by atoms with Gasteiger partial charge in [-0.25, -0.2) is 4.68 Å². The number of amides is 1. The van der Waals surface area contributed by atoms with Crippen LogP contribution < -0.4 is 15.6 Å². The molecule has 1 amide bonds. The summed E-state index contributed by atoms with van der Waals surface area (Å²) in [7, 11) is 1.58. The number of nitrogens with one attached hydrogen (secondary N) is 1. The van der Waals surface area contributed by atoms with Crippen molar-refractivity contribution in [3.8, 4) is 17.0 Å². The normalized spacial score (nSPS) is 12.0. The molecule has 33 heavy (non-hydrogen) atoms. The number of hydrogen-bond acceptors (Lipinski definition) is 6. The van der Waals surface area contributed by atoms with E-state index in [-0.39, 0.29) is 11.4 Å². The van der Waals surface area contributed by atoms with Gasteiger partial charge in [0.25, 0.3) is 5.56 Å². The van der Waals surface area contributed by atoms with Gasteiger partial charge in [-0.3, -0.25) is 9.59 Å². The van der Waals surface area contributed by atoms with E-state index in [0.29, 0.717) is 35.6 Å². The lowest BCUT2D eigenvalue weighted by Crippen LogP contribution is -2.38. The average Bonchev–Trinajstić information content (AvgIpc) is 3.22. The van der Waals surface area contributed by atoms with Crippen LogP contribution in [0.5, 0.6) is 5.75 Å². The zero-order chi connectivity index (χ0) is 23.5. The van der Waals surface area contributed by atoms with E-state index in [1.807, 2.05) is 62.4 Å². The third-order valence-electron chi connectivity index (χ3n) is 5.63. The van der Waals surface area contributed by atoms with E-state index in [2.05, 4.69) is 15.6 Å². The Morgan fingerprint density at radius 3 is 2.64 bits per heavy atom. The van der Waals surface area contributed by atoms with Crippen molar-refractivity contribution in [1.82, 2.24) is 20.3 Å². The maximum absolute atomic E-state index is 13.2. The molecule has 8 nitrogen and oxygen atoms in total. The second-order valence-electron chi connectivity index (χ2n) is 7.92. The summed E-state index contributed by atoms with van der Waals surface area (Å²) in [4.78, 5) is 26.3. The summed E-state index contributed by atoms with van der Waals surface area (Å²) in [5.74, 6) is 0.845. The standard InChI is InChI=1S/C25H26N4O4/c1-5-20(24(30)26-14-17-11-9-15(2)10-12-17)29-25(31)23-21(16(3)33-28-23)22(27-29)18-7-6-8-19(13-18)32-4/h6-13,20H,5,14H2,1-4H3,(H,26,30)/t20-/m0/s1. The van der Waals surface area contributed by atoms with E-state index in [0.717, 1.165) is 16.7 Å². The van der Waals surface area contributed by atoms with Crippen molar-refractivity contribution in [2.45, 2.75) is 39.8 Å². The summed E-state index contributed by atoms with van der Waals surface area (Å²) in [6.45, 7) is 5.94. The highest BCUT2D eigenvalue weighted by molar-refractivity contribution is 5.93. The van der Waals surface area contributed by atoms with Gasteiger partial charge < -0.3 is 14.6 Å². The summed E-state index contributed by atoms with van der Waals surface area (Å²) in [5.41, 5.74) is 3.04. The topological polar surface area (TPSA) is 99.2 Å². The van der Waals surface area contributed by atoms with Gasteiger partial charge in [0.2, 0.25) is 5.91 Å². The van der Waals surface area contributed by atoms with Gasteiger partial charge in [-0.05, 0) is 38.0 Å². The number of nitrogens with zero attached hydrogens (tertiary/aromatic N) is 3. The first-order valence-electron chi connectivity index (χ1n) is 10.8. The van der Waals surface area contributed by atoms with Crippen LogP contribution in [-0.4, -0.2) is 28.0 Å². The van der Waals surface area contributed by atoms with Gasteiger partial charge in [0.1, 0.15) is 23.2 Å². The van der Waals surface area contributed by atoms with Crippen LogP contribution in [0, 0.1) is 13.8 Å². The number of methoxy groups -OCH3 is 1. The lowest BCUT2D eigenvalue weighted by atomic mass is 10.1. The molecule has 170 valence electrons. The first kappa shape index (κ1) is 22.3. The Bertz CT molecular complexity index is 1360. The highest BCUT2D eigenvalue weighted by atomic mass is 16.5. The molecule has 0 aliphatic carbocycles. The van der Waals surface area contributed by atoms with Crippen molar-refractivity contribution in [1.29, 1.82) is 0 Å². The highest BCUT2D eigenvalue weighted by Gasteiger charge is 2.26. The summed E-state index contributed by atoms with van der Waals surface area (Å²) >= 11 is 0. The minimum absolute atomic E-state index is 0.144. The second-order valence-corrected chi connectivity index (χ2v) is 7.92. The van der Waals surface area contributed by atoms with Crippen molar-refractivity contribution in [3.05, 3.63) is 75.8 Å². The van der Waals surface area contributed by atoms with Crippen LogP contribution in [0.2, 0.25) is 0 Å². The van der Waals surface area contributed by atoms with Crippen molar-refractivity contribution < 1.29 is 14.1 Å². The number of rotatable bonds is 7. The predicted molar refractivity (Wildman–Crippen MR) is 125 cm³/mol. The van der Waals surface area contributed by atoms with E-state index >= 15 is 0 Å². The van der Waals surface area contributed by atoms with Crippen molar-refractivity contribution in [2.24, 2.45) is 0 Å². The van der Waals surface area contributed by atoms with Crippen LogP contribution in [0.4, 0.5) is 0 Å². The molecule has 8 heteroatoms. The number of carbonyl (C=O) groups is 1. The van der Waals surface area contributed by atoms with Gasteiger partial charge in [0, 0.05) is 12.1 Å². The molecule has 0 aliphatic heterocycles. The SMILES string of the molecule is CC[C@@H](C(=O)NCc1ccc(C)cc1)n1nc(-c2cccc(OC)c2)c2c(C)onc2c1=O. The van der Waals surface area contributed by atoms with Gasteiger partial charge in [-0.2, -0.15) is 5.10 Å². The second kappa shape index (κ2) is 9.28. The molecule has 0 saturated heterocycles. The van der Waals surface area contributed by atoms with Crippen LogP contribution >= 0.6 is 0 Å². The number of aromatic nitrogens is 3. The molecule has 2 aromatic heterocycles. The molecule has 0 radical (unpaired) electrons. The van der Waals surface area contributed by atoms with Crippen LogP contribution in [0.1, 0.15) is 36.3 Å². The van der Waals surface area contributed by atoms with Crippen LogP contribution in [0.3, 0.4) is 0 Å². The van der Waals surface area contributed by atoms with E-state index in [1.54, 1.807) is 14.0 Å². The van der Waals surface area contributed by atoms with E-state index in [9.17, 15) is 9.59 Å². The first-order chi connectivity index (χ1) is 15.9. The van der Waals surface area contributed by atoms with Crippen molar-refractivity contribution in [2.75, 3.05) is 7.11 Å².